The summed E-state index contributed by atoms with van der Waals surface area (Å²) < 4.78 is 5.75. The van der Waals surface area contributed by atoms with Crippen LogP contribution >= 0.6 is 11.6 Å². The second-order valence-corrected chi connectivity index (χ2v) is 6.74. The maximum atomic E-state index is 12.6. The standard InChI is InChI=1S/C20H21ClN2O2/c1-12(2)25-19-7-5-4-6-18(19)23-20(24)11-15-13(3)22-17-9-8-14(21)10-16(15)17/h4-10,12,22H,11H2,1-3H3,(H,23,24). The van der Waals surface area contributed by atoms with Gasteiger partial charge in [-0.25, -0.2) is 0 Å². The van der Waals surface area contributed by atoms with Gasteiger partial charge >= 0.3 is 0 Å². The van der Waals surface area contributed by atoms with Gasteiger partial charge in [0.05, 0.1) is 18.2 Å². The predicted molar refractivity (Wildman–Crippen MR) is 103 cm³/mol. The maximum Gasteiger partial charge on any atom is 0.228 e. The van der Waals surface area contributed by atoms with Crippen molar-refractivity contribution in [3.8, 4) is 5.75 Å². The number of hydrogen-bond acceptors (Lipinski definition) is 2. The number of benzene rings is 2. The molecule has 25 heavy (non-hydrogen) atoms. The first-order valence-electron chi connectivity index (χ1n) is 8.26. The van der Waals surface area contributed by atoms with Crippen molar-refractivity contribution in [3.63, 3.8) is 0 Å². The van der Waals surface area contributed by atoms with Crippen LogP contribution in [0, 0.1) is 6.92 Å². The number of anilines is 1. The molecule has 0 atom stereocenters. The lowest BCUT2D eigenvalue weighted by molar-refractivity contribution is -0.115. The van der Waals surface area contributed by atoms with E-state index in [9.17, 15) is 4.79 Å². The molecule has 0 saturated heterocycles. The number of aromatic nitrogens is 1. The molecule has 0 spiro atoms. The van der Waals surface area contributed by atoms with Crippen molar-refractivity contribution >= 4 is 34.1 Å². The van der Waals surface area contributed by atoms with E-state index in [4.69, 9.17) is 16.3 Å². The number of aromatic amines is 1. The summed E-state index contributed by atoms with van der Waals surface area (Å²) in [6, 6.07) is 13.1. The Morgan fingerprint density at radius 1 is 1.24 bits per heavy atom. The van der Waals surface area contributed by atoms with Crippen molar-refractivity contribution < 1.29 is 9.53 Å². The Morgan fingerprint density at radius 2 is 2.00 bits per heavy atom. The molecular formula is C20H21ClN2O2. The highest BCUT2D eigenvalue weighted by atomic mass is 35.5. The summed E-state index contributed by atoms with van der Waals surface area (Å²) in [5.41, 5.74) is 3.58. The van der Waals surface area contributed by atoms with Gasteiger partial charge in [-0.05, 0) is 56.7 Å². The van der Waals surface area contributed by atoms with Crippen LogP contribution < -0.4 is 10.1 Å². The molecule has 0 aliphatic carbocycles. The maximum absolute atomic E-state index is 12.6. The Hall–Kier alpha value is -2.46. The van der Waals surface area contributed by atoms with E-state index in [0.29, 0.717) is 16.5 Å². The summed E-state index contributed by atoms with van der Waals surface area (Å²) in [6.07, 6.45) is 0.304. The predicted octanol–water partition coefficient (Wildman–Crippen LogP) is 5.10. The lowest BCUT2D eigenvalue weighted by atomic mass is 10.1. The number of ether oxygens (including phenoxy) is 1. The Morgan fingerprint density at radius 3 is 2.76 bits per heavy atom. The number of amides is 1. The van der Waals surface area contributed by atoms with E-state index in [-0.39, 0.29) is 18.4 Å². The summed E-state index contributed by atoms with van der Waals surface area (Å²) in [6.45, 7) is 5.88. The zero-order chi connectivity index (χ0) is 18.0. The van der Waals surface area contributed by atoms with E-state index in [0.717, 1.165) is 22.2 Å². The van der Waals surface area contributed by atoms with E-state index in [1.807, 2.05) is 63.2 Å². The normalized spacial score (nSPS) is 11.1. The van der Waals surface area contributed by atoms with E-state index < -0.39 is 0 Å². The molecule has 3 rings (SSSR count). The minimum atomic E-state index is -0.0937. The van der Waals surface area contributed by atoms with Gasteiger partial charge < -0.3 is 15.0 Å². The molecule has 0 aliphatic rings. The average Bonchev–Trinajstić information content (AvgIpc) is 2.84. The molecule has 1 aromatic heterocycles. The van der Waals surface area contributed by atoms with Gasteiger partial charge in [0.15, 0.2) is 0 Å². The fourth-order valence-electron chi connectivity index (χ4n) is 2.86. The van der Waals surface area contributed by atoms with Crippen molar-refractivity contribution in [2.75, 3.05) is 5.32 Å². The van der Waals surface area contributed by atoms with E-state index in [1.54, 1.807) is 0 Å². The third kappa shape index (κ3) is 3.97. The van der Waals surface area contributed by atoms with Gasteiger partial charge in [0.25, 0.3) is 0 Å². The van der Waals surface area contributed by atoms with Gasteiger partial charge in [0.1, 0.15) is 5.75 Å². The highest BCUT2D eigenvalue weighted by molar-refractivity contribution is 6.31. The quantitative estimate of drug-likeness (QED) is 0.668. The summed E-state index contributed by atoms with van der Waals surface area (Å²) >= 11 is 6.10. The molecule has 3 aromatic rings. The monoisotopic (exact) mass is 356 g/mol. The average molecular weight is 357 g/mol. The van der Waals surface area contributed by atoms with Crippen LogP contribution in [0.1, 0.15) is 25.1 Å². The van der Waals surface area contributed by atoms with E-state index in [2.05, 4.69) is 10.3 Å². The van der Waals surface area contributed by atoms with Gasteiger partial charge in [-0.2, -0.15) is 0 Å². The largest absolute Gasteiger partial charge is 0.489 e. The number of halogens is 1. The molecule has 130 valence electrons. The van der Waals surface area contributed by atoms with Gasteiger partial charge in [-0.1, -0.05) is 23.7 Å². The molecule has 4 nitrogen and oxygen atoms in total. The Kier molecular flexibility index (Phi) is 5.00. The fourth-order valence-corrected chi connectivity index (χ4v) is 3.04. The summed E-state index contributed by atoms with van der Waals surface area (Å²) in [7, 11) is 0. The SMILES string of the molecule is Cc1[nH]c2ccc(Cl)cc2c1CC(=O)Nc1ccccc1OC(C)C. The molecule has 0 fully saturated rings. The summed E-state index contributed by atoms with van der Waals surface area (Å²) in [4.78, 5) is 15.9. The van der Waals surface area contributed by atoms with Crippen LogP contribution in [0.4, 0.5) is 5.69 Å². The third-order valence-electron chi connectivity index (χ3n) is 3.94. The van der Waals surface area contributed by atoms with Crippen molar-refractivity contribution in [1.82, 2.24) is 4.98 Å². The van der Waals surface area contributed by atoms with E-state index in [1.165, 1.54) is 0 Å². The summed E-state index contributed by atoms with van der Waals surface area (Å²) in [5, 5.41) is 4.58. The fraction of sp³-hybridized carbons (Fsp3) is 0.250. The van der Waals surface area contributed by atoms with E-state index >= 15 is 0 Å². The van der Waals surface area contributed by atoms with Gasteiger partial charge in [-0.3, -0.25) is 4.79 Å². The third-order valence-corrected chi connectivity index (χ3v) is 4.18. The molecule has 0 unspecified atom stereocenters. The molecule has 0 saturated carbocycles. The number of para-hydroxylation sites is 2. The molecular weight excluding hydrogens is 336 g/mol. The molecule has 5 heteroatoms. The summed E-state index contributed by atoms with van der Waals surface area (Å²) in [5.74, 6) is 0.577. The first-order chi connectivity index (χ1) is 11.9. The Labute approximate surface area is 152 Å². The second-order valence-electron chi connectivity index (χ2n) is 6.31. The van der Waals surface area contributed by atoms with Gasteiger partial charge in [0, 0.05) is 21.6 Å². The number of H-pyrrole nitrogens is 1. The second kappa shape index (κ2) is 7.19. The molecule has 2 N–H and O–H groups in total. The van der Waals surface area contributed by atoms with Crippen LogP contribution in [-0.2, 0) is 11.2 Å². The Bertz CT molecular complexity index is 915. The first-order valence-corrected chi connectivity index (χ1v) is 8.64. The number of rotatable bonds is 5. The van der Waals surface area contributed by atoms with Crippen molar-refractivity contribution in [3.05, 3.63) is 58.7 Å². The molecule has 0 aliphatic heterocycles. The van der Waals surface area contributed by atoms with Crippen LogP contribution in [0.15, 0.2) is 42.5 Å². The minimum absolute atomic E-state index is 0.0380. The molecule has 0 radical (unpaired) electrons. The smallest absolute Gasteiger partial charge is 0.228 e. The van der Waals surface area contributed by atoms with Crippen LogP contribution in [-0.4, -0.2) is 17.0 Å². The lowest BCUT2D eigenvalue weighted by Crippen LogP contribution is -2.16. The first kappa shape index (κ1) is 17.4. The number of hydrogen-bond donors (Lipinski definition) is 2. The number of fused-ring (bicyclic) bond motifs is 1. The van der Waals surface area contributed by atoms with Crippen LogP contribution in [0.5, 0.6) is 5.75 Å². The number of aryl methyl sites for hydroxylation is 1. The van der Waals surface area contributed by atoms with Crippen molar-refractivity contribution in [2.45, 2.75) is 33.3 Å². The van der Waals surface area contributed by atoms with Gasteiger partial charge in [-0.15, -0.1) is 0 Å². The molecule has 2 aromatic carbocycles. The van der Waals surface area contributed by atoms with Crippen molar-refractivity contribution in [1.29, 1.82) is 0 Å². The minimum Gasteiger partial charge on any atom is -0.489 e. The van der Waals surface area contributed by atoms with Crippen LogP contribution in [0.2, 0.25) is 5.02 Å². The number of carbonyl (C=O) groups is 1. The highest BCUT2D eigenvalue weighted by Crippen LogP contribution is 2.28. The van der Waals surface area contributed by atoms with Crippen LogP contribution in [0.25, 0.3) is 10.9 Å². The lowest BCUT2D eigenvalue weighted by Gasteiger charge is -2.14. The molecule has 1 heterocycles. The Balaban J connectivity index is 1.82. The molecule has 1 amide bonds. The van der Waals surface area contributed by atoms with Crippen LogP contribution in [0.3, 0.4) is 0 Å². The topological polar surface area (TPSA) is 54.1 Å². The molecule has 0 bridgehead atoms. The number of carbonyl (C=O) groups excluding carboxylic acids is 1. The number of nitrogens with one attached hydrogen (secondary N) is 2. The highest BCUT2D eigenvalue weighted by Gasteiger charge is 2.14. The van der Waals surface area contributed by atoms with Gasteiger partial charge in [0.2, 0.25) is 5.91 Å². The zero-order valence-corrected chi connectivity index (χ0v) is 15.3. The zero-order valence-electron chi connectivity index (χ0n) is 14.5. The van der Waals surface area contributed by atoms with Crippen molar-refractivity contribution in [2.24, 2.45) is 0 Å².